The molecule has 0 bridgehead atoms. The minimum absolute atomic E-state index is 0.198. The highest BCUT2D eigenvalue weighted by molar-refractivity contribution is 7.80. The summed E-state index contributed by atoms with van der Waals surface area (Å²) in [6.45, 7) is 3.48. The average molecular weight is 236 g/mol. The topological polar surface area (TPSA) is 72.2 Å². The molecule has 0 saturated carbocycles. The van der Waals surface area contributed by atoms with Gasteiger partial charge in [0, 0.05) is 11.5 Å². The van der Waals surface area contributed by atoms with Crippen molar-refractivity contribution in [2.24, 2.45) is 11.1 Å². The van der Waals surface area contributed by atoms with Gasteiger partial charge in [-0.3, -0.25) is 9.59 Å². The lowest BCUT2D eigenvalue weighted by Crippen LogP contribution is -2.50. The molecular weight excluding hydrogens is 220 g/mol. The number of hydrogen-bond acceptors (Lipinski definition) is 4. The first-order chi connectivity index (χ1) is 6.35. The Kier molecular flexibility index (Phi) is 5.36. The van der Waals surface area contributed by atoms with Crippen molar-refractivity contribution in [2.75, 3.05) is 11.5 Å². The lowest BCUT2D eigenvalue weighted by Gasteiger charge is -2.23. The molecule has 0 aromatic heterocycles. The van der Waals surface area contributed by atoms with Crippen LogP contribution in [0.25, 0.3) is 0 Å². The summed E-state index contributed by atoms with van der Waals surface area (Å²) in [7, 11) is 0. The monoisotopic (exact) mass is 236 g/mol. The summed E-state index contributed by atoms with van der Waals surface area (Å²) in [5.41, 5.74) is 4.45. The van der Waals surface area contributed by atoms with Crippen LogP contribution in [0.2, 0.25) is 0 Å². The smallest absolute Gasteiger partial charge is 0.240 e. The Hall–Kier alpha value is -0.360. The molecule has 0 heterocycles. The van der Waals surface area contributed by atoms with Crippen LogP contribution in [0.1, 0.15) is 13.8 Å². The van der Waals surface area contributed by atoms with Crippen LogP contribution in [0, 0.1) is 5.41 Å². The first-order valence-corrected chi connectivity index (χ1v) is 5.43. The minimum Gasteiger partial charge on any atom is -0.368 e. The van der Waals surface area contributed by atoms with Crippen LogP contribution >= 0.6 is 25.3 Å². The van der Waals surface area contributed by atoms with Crippen molar-refractivity contribution in [3.05, 3.63) is 0 Å². The minimum atomic E-state index is -0.718. The summed E-state index contributed by atoms with van der Waals surface area (Å²) in [4.78, 5) is 22.4. The maximum Gasteiger partial charge on any atom is 0.240 e. The highest BCUT2D eigenvalue weighted by Crippen LogP contribution is 2.16. The molecule has 4 nitrogen and oxygen atoms in total. The maximum absolute atomic E-state index is 11.6. The summed E-state index contributed by atoms with van der Waals surface area (Å²) in [5.74, 6) is -0.227. The third-order valence-electron chi connectivity index (χ3n) is 1.84. The van der Waals surface area contributed by atoms with Gasteiger partial charge in [-0.05, 0) is 0 Å². The molecule has 1 unspecified atom stereocenters. The third kappa shape index (κ3) is 3.79. The zero-order valence-corrected chi connectivity index (χ0v) is 10.1. The van der Waals surface area contributed by atoms with Crippen molar-refractivity contribution >= 4 is 37.1 Å². The van der Waals surface area contributed by atoms with Gasteiger partial charge in [-0.25, -0.2) is 0 Å². The molecular formula is C8H16N2O2S2. The molecule has 0 aliphatic rings. The molecule has 6 heteroatoms. The van der Waals surface area contributed by atoms with Gasteiger partial charge in [-0.15, -0.1) is 0 Å². The van der Waals surface area contributed by atoms with Crippen molar-refractivity contribution in [1.29, 1.82) is 0 Å². The zero-order valence-electron chi connectivity index (χ0n) is 8.28. The number of carbonyl (C=O) groups is 2. The summed E-state index contributed by atoms with van der Waals surface area (Å²) in [6, 6.07) is -0.718. The van der Waals surface area contributed by atoms with Crippen LogP contribution in [0.5, 0.6) is 0 Å². The van der Waals surface area contributed by atoms with E-state index in [1.165, 1.54) is 0 Å². The van der Waals surface area contributed by atoms with Gasteiger partial charge >= 0.3 is 0 Å². The molecule has 1 atom stereocenters. The first-order valence-electron chi connectivity index (χ1n) is 4.17. The molecule has 0 aliphatic heterocycles. The summed E-state index contributed by atoms with van der Waals surface area (Å²) in [5, 5.41) is 2.52. The van der Waals surface area contributed by atoms with E-state index in [1.807, 2.05) is 0 Å². The average Bonchev–Trinajstić information content (AvgIpc) is 2.12. The number of nitrogens with one attached hydrogen (secondary N) is 1. The van der Waals surface area contributed by atoms with Crippen molar-refractivity contribution in [3.63, 3.8) is 0 Å². The normalized spacial score (nSPS) is 13.4. The zero-order chi connectivity index (χ0) is 11.4. The number of carbonyl (C=O) groups excluding carboxylic acids is 2. The second-order valence-electron chi connectivity index (χ2n) is 3.65. The number of hydrogen-bond donors (Lipinski definition) is 4. The molecule has 82 valence electrons. The molecule has 0 fully saturated rings. The second kappa shape index (κ2) is 5.50. The van der Waals surface area contributed by atoms with E-state index >= 15 is 0 Å². The third-order valence-corrected chi connectivity index (χ3v) is 3.00. The van der Waals surface area contributed by atoms with Crippen molar-refractivity contribution in [3.8, 4) is 0 Å². The Balaban J connectivity index is 4.37. The van der Waals surface area contributed by atoms with Gasteiger partial charge in [0.1, 0.15) is 6.04 Å². The van der Waals surface area contributed by atoms with Crippen LogP contribution in [-0.4, -0.2) is 29.4 Å². The van der Waals surface area contributed by atoms with Gasteiger partial charge in [0.2, 0.25) is 11.8 Å². The van der Waals surface area contributed by atoms with E-state index in [1.54, 1.807) is 13.8 Å². The van der Waals surface area contributed by atoms with Gasteiger partial charge < -0.3 is 11.1 Å². The van der Waals surface area contributed by atoms with Gasteiger partial charge in [-0.1, -0.05) is 13.8 Å². The highest BCUT2D eigenvalue weighted by Gasteiger charge is 2.28. The van der Waals surface area contributed by atoms with E-state index in [0.717, 1.165) is 0 Å². The molecule has 0 rings (SSSR count). The Bertz CT molecular complexity index is 231. The van der Waals surface area contributed by atoms with Gasteiger partial charge in [0.15, 0.2) is 0 Å². The van der Waals surface area contributed by atoms with E-state index in [4.69, 9.17) is 5.73 Å². The van der Waals surface area contributed by atoms with Crippen LogP contribution in [0.3, 0.4) is 0 Å². The number of nitrogens with two attached hydrogens (primary N) is 1. The predicted molar refractivity (Wildman–Crippen MR) is 62.6 cm³/mol. The first kappa shape index (κ1) is 13.6. The number of primary amides is 1. The molecule has 14 heavy (non-hydrogen) atoms. The van der Waals surface area contributed by atoms with E-state index in [0.29, 0.717) is 5.75 Å². The van der Waals surface area contributed by atoms with Gasteiger partial charge in [0.05, 0.1) is 5.41 Å². The van der Waals surface area contributed by atoms with Crippen LogP contribution in [0.15, 0.2) is 0 Å². The van der Waals surface area contributed by atoms with E-state index in [2.05, 4.69) is 30.6 Å². The second-order valence-corrected chi connectivity index (χ2v) is 4.33. The molecule has 0 saturated heterocycles. The van der Waals surface area contributed by atoms with Crippen molar-refractivity contribution in [2.45, 2.75) is 19.9 Å². The van der Waals surface area contributed by atoms with Gasteiger partial charge in [0.25, 0.3) is 0 Å². The largest absolute Gasteiger partial charge is 0.368 e. The summed E-state index contributed by atoms with van der Waals surface area (Å²) >= 11 is 7.97. The predicted octanol–water partition coefficient (Wildman–Crippen LogP) is -0.158. The molecule has 0 radical (unpaired) electrons. The number of thiol groups is 2. The molecule has 0 spiro atoms. The Morgan fingerprint density at radius 3 is 2.21 bits per heavy atom. The van der Waals surface area contributed by atoms with Crippen molar-refractivity contribution < 1.29 is 9.59 Å². The Labute approximate surface area is 94.8 Å². The summed E-state index contributed by atoms with van der Waals surface area (Å²) < 4.78 is 0. The van der Waals surface area contributed by atoms with Gasteiger partial charge in [-0.2, -0.15) is 25.3 Å². The Morgan fingerprint density at radius 1 is 1.43 bits per heavy atom. The fourth-order valence-corrected chi connectivity index (χ4v) is 1.05. The molecule has 2 amide bonds. The standard InChI is InChI=1S/C8H16N2O2S2/c1-8(2,4-14)7(12)10-5(3-13)6(9)11/h5,13-14H,3-4H2,1-2H3,(H2,9,11)(H,10,12). The fourth-order valence-electron chi connectivity index (χ4n) is 0.632. The number of amides is 2. The molecule has 0 aromatic rings. The SMILES string of the molecule is CC(C)(CS)C(=O)NC(CS)C(N)=O. The fraction of sp³-hybridized carbons (Fsp3) is 0.750. The lowest BCUT2D eigenvalue weighted by molar-refractivity contribution is -0.131. The number of rotatable bonds is 5. The van der Waals surface area contributed by atoms with Crippen molar-refractivity contribution in [1.82, 2.24) is 5.32 Å². The lowest BCUT2D eigenvalue weighted by atomic mass is 9.95. The quantitative estimate of drug-likeness (QED) is 0.501. The summed E-state index contributed by atoms with van der Waals surface area (Å²) in [6.07, 6.45) is 0. The van der Waals surface area contributed by atoms with Crippen LogP contribution < -0.4 is 11.1 Å². The molecule has 3 N–H and O–H groups in total. The Morgan fingerprint density at radius 2 is 1.93 bits per heavy atom. The highest BCUT2D eigenvalue weighted by atomic mass is 32.1. The molecule has 0 aromatic carbocycles. The van der Waals surface area contributed by atoms with E-state index in [-0.39, 0.29) is 11.7 Å². The van der Waals surface area contributed by atoms with E-state index < -0.39 is 17.4 Å². The maximum atomic E-state index is 11.6. The van der Waals surface area contributed by atoms with E-state index in [9.17, 15) is 9.59 Å². The van der Waals surface area contributed by atoms with Crippen LogP contribution in [-0.2, 0) is 9.59 Å². The van der Waals surface area contributed by atoms with Crippen LogP contribution in [0.4, 0.5) is 0 Å². The molecule has 0 aliphatic carbocycles.